The van der Waals surface area contributed by atoms with Crippen molar-refractivity contribution in [2.24, 2.45) is 4.99 Å². The van der Waals surface area contributed by atoms with Gasteiger partial charge in [0, 0.05) is 25.2 Å². The minimum atomic E-state index is -0.413. The SMILES string of the molecule is CON(C)C(=O)C1CSC(c2ncccn2)=N1. The molecular weight excluding hydrogens is 240 g/mol. The van der Waals surface area contributed by atoms with Crippen LogP contribution in [0.2, 0.25) is 0 Å². The molecule has 1 aromatic heterocycles. The topological polar surface area (TPSA) is 67.7 Å². The quantitative estimate of drug-likeness (QED) is 0.726. The Hall–Kier alpha value is -1.47. The largest absolute Gasteiger partial charge is 0.274 e. The number of rotatable bonds is 3. The summed E-state index contributed by atoms with van der Waals surface area (Å²) >= 11 is 1.48. The fourth-order valence-electron chi connectivity index (χ4n) is 1.33. The second-order valence-electron chi connectivity index (χ2n) is 3.35. The van der Waals surface area contributed by atoms with Crippen LogP contribution in [-0.4, -0.2) is 51.9 Å². The Morgan fingerprint density at radius 2 is 2.24 bits per heavy atom. The highest BCUT2D eigenvalue weighted by molar-refractivity contribution is 8.14. The molecule has 1 aliphatic heterocycles. The summed E-state index contributed by atoms with van der Waals surface area (Å²) in [6.07, 6.45) is 3.31. The molecule has 0 spiro atoms. The second-order valence-corrected chi connectivity index (χ2v) is 4.36. The van der Waals surface area contributed by atoms with E-state index in [2.05, 4.69) is 15.0 Å². The number of hydrogen-bond acceptors (Lipinski definition) is 6. The minimum Gasteiger partial charge on any atom is -0.274 e. The average Bonchev–Trinajstić information content (AvgIpc) is 2.87. The minimum absolute atomic E-state index is 0.161. The molecule has 6 nitrogen and oxygen atoms in total. The predicted molar refractivity (Wildman–Crippen MR) is 64.6 cm³/mol. The maximum Gasteiger partial charge on any atom is 0.271 e. The van der Waals surface area contributed by atoms with Crippen molar-refractivity contribution in [2.45, 2.75) is 6.04 Å². The van der Waals surface area contributed by atoms with Crippen LogP contribution in [0.5, 0.6) is 0 Å². The van der Waals surface area contributed by atoms with Crippen LogP contribution in [0.25, 0.3) is 0 Å². The summed E-state index contributed by atoms with van der Waals surface area (Å²) in [5, 5.41) is 1.89. The number of carbonyl (C=O) groups is 1. The van der Waals surface area contributed by atoms with Crippen molar-refractivity contribution >= 4 is 22.7 Å². The maximum atomic E-state index is 11.8. The third-order valence-corrected chi connectivity index (χ3v) is 3.32. The van der Waals surface area contributed by atoms with Crippen LogP contribution >= 0.6 is 11.8 Å². The van der Waals surface area contributed by atoms with Gasteiger partial charge in [0.2, 0.25) is 0 Å². The van der Waals surface area contributed by atoms with E-state index in [0.717, 1.165) is 0 Å². The van der Waals surface area contributed by atoms with Crippen molar-refractivity contribution < 1.29 is 9.63 Å². The molecule has 0 fully saturated rings. The highest BCUT2D eigenvalue weighted by atomic mass is 32.2. The molecule has 0 radical (unpaired) electrons. The first-order valence-electron chi connectivity index (χ1n) is 5.02. The summed E-state index contributed by atoms with van der Waals surface area (Å²) in [6.45, 7) is 0. The first kappa shape index (κ1) is 12.0. The molecule has 0 aromatic carbocycles. The van der Waals surface area contributed by atoms with Gasteiger partial charge in [-0.15, -0.1) is 11.8 Å². The van der Waals surface area contributed by atoms with Crippen molar-refractivity contribution in [3.8, 4) is 0 Å². The van der Waals surface area contributed by atoms with Crippen LogP contribution in [-0.2, 0) is 9.63 Å². The van der Waals surface area contributed by atoms with Crippen molar-refractivity contribution in [3.05, 3.63) is 24.3 Å². The van der Waals surface area contributed by atoms with E-state index in [0.29, 0.717) is 16.6 Å². The molecule has 17 heavy (non-hydrogen) atoms. The number of carbonyl (C=O) groups excluding carboxylic acids is 1. The van der Waals surface area contributed by atoms with Gasteiger partial charge < -0.3 is 0 Å². The number of thioether (sulfide) groups is 1. The number of aromatic nitrogens is 2. The lowest BCUT2D eigenvalue weighted by Gasteiger charge is -2.15. The number of likely N-dealkylation sites (N-methyl/N-ethyl adjacent to an activating group) is 1. The van der Waals surface area contributed by atoms with Gasteiger partial charge in [0.05, 0.1) is 7.11 Å². The standard InChI is InChI=1S/C10H12N4O2S/c1-14(16-2)10(15)7-6-17-9(13-7)8-11-4-3-5-12-8/h3-5,7H,6H2,1-2H3. The fourth-order valence-corrected chi connectivity index (χ4v) is 2.30. The van der Waals surface area contributed by atoms with E-state index in [-0.39, 0.29) is 5.91 Å². The summed E-state index contributed by atoms with van der Waals surface area (Å²) in [6, 6.07) is 1.33. The van der Waals surface area contributed by atoms with Crippen molar-refractivity contribution in [2.75, 3.05) is 19.9 Å². The third kappa shape index (κ3) is 2.62. The third-order valence-electron chi connectivity index (χ3n) is 2.28. The van der Waals surface area contributed by atoms with Gasteiger partial charge in [0.15, 0.2) is 5.82 Å². The Labute approximate surface area is 103 Å². The van der Waals surface area contributed by atoms with Gasteiger partial charge in [-0.2, -0.15) is 0 Å². The molecule has 7 heteroatoms. The van der Waals surface area contributed by atoms with E-state index in [1.165, 1.54) is 23.9 Å². The predicted octanol–water partition coefficient (Wildman–Crippen LogP) is 0.358. The summed E-state index contributed by atoms with van der Waals surface area (Å²) < 4.78 is 0. The molecule has 1 atom stereocenters. The second kappa shape index (κ2) is 5.24. The highest BCUT2D eigenvalue weighted by Gasteiger charge is 2.29. The van der Waals surface area contributed by atoms with Crippen molar-refractivity contribution in [3.63, 3.8) is 0 Å². The lowest BCUT2D eigenvalue weighted by Crippen LogP contribution is -2.34. The maximum absolute atomic E-state index is 11.8. The zero-order valence-corrected chi connectivity index (χ0v) is 10.3. The number of aliphatic imine (C=N–C) groups is 1. The zero-order chi connectivity index (χ0) is 12.3. The van der Waals surface area contributed by atoms with E-state index in [4.69, 9.17) is 4.84 Å². The van der Waals surface area contributed by atoms with Gasteiger partial charge in [-0.05, 0) is 6.07 Å². The van der Waals surface area contributed by atoms with Gasteiger partial charge >= 0.3 is 0 Å². The fraction of sp³-hybridized carbons (Fsp3) is 0.400. The molecule has 1 aliphatic rings. The Morgan fingerprint density at radius 1 is 1.53 bits per heavy atom. The van der Waals surface area contributed by atoms with E-state index < -0.39 is 6.04 Å². The van der Waals surface area contributed by atoms with E-state index in [1.54, 1.807) is 25.5 Å². The molecule has 2 heterocycles. The van der Waals surface area contributed by atoms with Crippen LogP contribution in [0.15, 0.2) is 23.5 Å². The molecule has 0 aliphatic carbocycles. The molecule has 0 saturated heterocycles. The molecule has 2 rings (SSSR count). The molecule has 0 saturated carbocycles. The Kier molecular flexibility index (Phi) is 3.70. The number of hydroxylamine groups is 2. The van der Waals surface area contributed by atoms with Gasteiger partial charge in [-0.3, -0.25) is 14.6 Å². The smallest absolute Gasteiger partial charge is 0.271 e. The molecular formula is C10H12N4O2S. The van der Waals surface area contributed by atoms with Crippen LogP contribution < -0.4 is 0 Å². The van der Waals surface area contributed by atoms with Crippen molar-refractivity contribution in [1.82, 2.24) is 15.0 Å². The number of amides is 1. The molecule has 0 bridgehead atoms. The van der Waals surface area contributed by atoms with Gasteiger partial charge in [0.25, 0.3) is 5.91 Å². The Balaban J connectivity index is 2.12. The van der Waals surface area contributed by atoms with Gasteiger partial charge in [-0.25, -0.2) is 15.0 Å². The normalized spacial score (nSPS) is 18.9. The molecule has 90 valence electrons. The molecule has 1 unspecified atom stereocenters. The Morgan fingerprint density at radius 3 is 2.88 bits per heavy atom. The zero-order valence-electron chi connectivity index (χ0n) is 9.53. The summed E-state index contributed by atoms with van der Waals surface area (Å²) in [5.74, 6) is 0.999. The Bertz CT molecular complexity index is 437. The monoisotopic (exact) mass is 252 g/mol. The van der Waals surface area contributed by atoms with Crippen LogP contribution in [0.3, 0.4) is 0 Å². The van der Waals surface area contributed by atoms with Crippen LogP contribution in [0.4, 0.5) is 0 Å². The lowest BCUT2D eigenvalue weighted by molar-refractivity contribution is -0.169. The summed E-state index contributed by atoms with van der Waals surface area (Å²) in [5.41, 5.74) is 0. The summed E-state index contributed by atoms with van der Waals surface area (Å²) in [7, 11) is 3.02. The number of hydrogen-bond donors (Lipinski definition) is 0. The average molecular weight is 252 g/mol. The molecule has 1 aromatic rings. The molecule has 0 N–H and O–H groups in total. The first-order chi connectivity index (χ1) is 8.22. The van der Waals surface area contributed by atoms with Gasteiger partial charge in [0.1, 0.15) is 11.1 Å². The van der Waals surface area contributed by atoms with E-state index in [1.807, 2.05) is 0 Å². The number of nitrogens with zero attached hydrogens (tertiary/aromatic N) is 4. The first-order valence-corrected chi connectivity index (χ1v) is 6.00. The van der Waals surface area contributed by atoms with Crippen LogP contribution in [0, 0.1) is 0 Å². The van der Waals surface area contributed by atoms with Crippen molar-refractivity contribution in [1.29, 1.82) is 0 Å². The molecule has 1 amide bonds. The van der Waals surface area contributed by atoms with Gasteiger partial charge in [-0.1, -0.05) is 0 Å². The van der Waals surface area contributed by atoms with Crippen LogP contribution in [0.1, 0.15) is 5.82 Å². The van der Waals surface area contributed by atoms with E-state index in [9.17, 15) is 4.79 Å². The summed E-state index contributed by atoms with van der Waals surface area (Å²) in [4.78, 5) is 29.1. The highest BCUT2D eigenvalue weighted by Crippen LogP contribution is 2.22. The van der Waals surface area contributed by atoms with E-state index >= 15 is 0 Å². The lowest BCUT2D eigenvalue weighted by atomic mass is 10.3.